The number of Topliss-reactive ketones (excluding diaryl/α,β-unsaturated/α-hetero) is 1. The number of hydrogen-bond acceptors (Lipinski definition) is 7. The zero-order valence-corrected chi connectivity index (χ0v) is 16.0. The number of anilines is 1. The molecule has 4 atom stereocenters. The number of rotatable bonds is 5. The number of hydrogen-bond donors (Lipinski definition) is 1. The summed E-state index contributed by atoms with van der Waals surface area (Å²) in [5.74, 6) is -3.66. The van der Waals surface area contributed by atoms with Gasteiger partial charge in [0, 0.05) is 30.9 Å². The Kier molecular flexibility index (Phi) is 4.29. The third-order valence-electron chi connectivity index (χ3n) is 6.38. The van der Waals surface area contributed by atoms with Crippen molar-refractivity contribution >= 4 is 17.4 Å². The van der Waals surface area contributed by atoms with E-state index in [9.17, 15) is 14.9 Å². The van der Waals surface area contributed by atoms with Gasteiger partial charge in [-0.3, -0.25) is 9.59 Å². The first-order valence-electron chi connectivity index (χ1n) is 9.28. The highest BCUT2D eigenvalue weighted by Crippen LogP contribution is 2.62. The highest BCUT2D eigenvalue weighted by Gasteiger charge is 2.72. The third kappa shape index (κ3) is 2.10. The van der Waals surface area contributed by atoms with Gasteiger partial charge in [0.25, 0.3) is 0 Å². The number of nitrogens with one attached hydrogen (secondary N) is 1. The summed E-state index contributed by atoms with van der Waals surface area (Å²) in [6.45, 7) is 2.01. The van der Waals surface area contributed by atoms with Crippen LogP contribution in [0.5, 0.6) is 0 Å². The molecule has 3 aliphatic carbocycles. The van der Waals surface area contributed by atoms with Crippen molar-refractivity contribution in [1.29, 1.82) is 5.26 Å². The minimum atomic E-state index is -1.57. The van der Waals surface area contributed by atoms with Gasteiger partial charge in [0.05, 0.1) is 37.0 Å². The molecule has 5 rings (SSSR count). The average molecular weight is 382 g/mol. The topological polar surface area (TPSA) is 97.7 Å². The van der Waals surface area contributed by atoms with Crippen molar-refractivity contribution in [2.24, 2.45) is 11.8 Å². The molecule has 1 fully saturated rings. The molecule has 1 saturated carbocycles. The van der Waals surface area contributed by atoms with E-state index in [-0.39, 0.29) is 24.8 Å². The molecular formula is C21H22N2O5. The van der Waals surface area contributed by atoms with Crippen LogP contribution in [0.15, 0.2) is 35.9 Å². The monoisotopic (exact) mass is 382 g/mol. The van der Waals surface area contributed by atoms with Crippen LogP contribution in [0.2, 0.25) is 0 Å². The van der Waals surface area contributed by atoms with Crippen LogP contribution in [0.3, 0.4) is 0 Å². The largest absolute Gasteiger partial charge is 0.466 e. The van der Waals surface area contributed by atoms with Gasteiger partial charge in [-0.25, -0.2) is 0 Å². The molecule has 1 aliphatic heterocycles. The molecule has 0 aromatic heterocycles. The molecule has 146 valence electrons. The molecule has 0 amide bonds. The summed E-state index contributed by atoms with van der Waals surface area (Å²) in [6.07, 6.45) is 1.71. The van der Waals surface area contributed by atoms with E-state index in [4.69, 9.17) is 14.2 Å². The van der Waals surface area contributed by atoms with Crippen LogP contribution in [0.4, 0.5) is 5.69 Å². The van der Waals surface area contributed by atoms with Crippen LogP contribution in [0, 0.1) is 23.2 Å². The van der Waals surface area contributed by atoms with Gasteiger partial charge in [-0.05, 0) is 18.6 Å². The summed E-state index contributed by atoms with van der Waals surface area (Å²) in [6, 6.07) is 9.41. The summed E-state index contributed by atoms with van der Waals surface area (Å²) in [7, 11) is 2.82. The summed E-state index contributed by atoms with van der Waals surface area (Å²) in [5.41, 5.74) is 1.30. The van der Waals surface area contributed by atoms with Crippen LogP contribution in [0.1, 0.15) is 18.9 Å². The lowest BCUT2D eigenvalue weighted by Crippen LogP contribution is -2.71. The van der Waals surface area contributed by atoms with E-state index in [0.29, 0.717) is 5.57 Å². The maximum absolute atomic E-state index is 13.5. The molecule has 1 N–H and O–H groups in total. The van der Waals surface area contributed by atoms with Crippen molar-refractivity contribution in [3.63, 3.8) is 0 Å². The average Bonchev–Trinajstić information content (AvgIpc) is 3.04. The van der Waals surface area contributed by atoms with E-state index >= 15 is 0 Å². The predicted octanol–water partition coefficient (Wildman–Crippen LogP) is 1.94. The Morgan fingerprint density at radius 2 is 2.00 bits per heavy atom. The smallest absolute Gasteiger partial charge is 0.306 e. The van der Waals surface area contributed by atoms with Crippen molar-refractivity contribution in [2.75, 3.05) is 26.1 Å². The van der Waals surface area contributed by atoms with Crippen LogP contribution < -0.4 is 5.32 Å². The molecule has 4 aliphatic rings. The summed E-state index contributed by atoms with van der Waals surface area (Å²) >= 11 is 0. The lowest BCUT2D eigenvalue weighted by molar-refractivity contribution is -0.244. The molecule has 2 bridgehead atoms. The van der Waals surface area contributed by atoms with Crippen molar-refractivity contribution < 1.29 is 23.8 Å². The number of carbonyl (C=O) groups is 2. The van der Waals surface area contributed by atoms with Crippen molar-refractivity contribution in [3.8, 4) is 6.07 Å². The van der Waals surface area contributed by atoms with E-state index in [2.05, 4.69) is 11.4 Å². The van der Waals surface area contributed by atoms with E-state index in [1.165, 1.54) is 14.2 Å². The van der Waals surface area contributed by atoms with Crippen LogP contribution in [-0.4, -0.2) is 44.4 Å². The normalized spacial score (nSPS) is 31.3. The lowest BCUT2D eigenvalue weighted by atomic mass is 9.49. The molecule has 7 heteroatoms. The molecule has 1 aromatic rings. The predicted molar refractivity (Wildman–Crippen MR) is 99.2 cm³/mol. The summed E-state index contributed by atoms with van der Waals surface area (Å²) in [5, 5.41) is 13.2. The van der Waals surface area contributed by atoms with Gasteiger partial charge < -0.3 is 19.5 Å². The highest BCUT2D eigenvalue weighted by molar-refractivity contribution is 5.98. The van der Waals surface area contributed by atoms with Gasteiger partial charge in [0.1, 0.15) is 0 Å². The zero-order valence-electron chi connectivity index (χ0n) is 16.0. The van der Waals surface area contributed by atoms with E-state index in [1.807, 2.05) is 24.3 Å². The fraction of sp³-hybridized carbons (Fsp3) is 0.476. The van der Waals surface area contributed by atoms with Gasteiger partial charge in [-0.1, -0.05) is 24.3 Å². The minimum Gasteiger partial charge on any atom is -0.466 e. The number of methoxy groups -OCH3 is 2. The number of nitrogens with zero attached hydrogens (tertiary/aromatic N) is 1. The summed E-state index contributed by atoms with van der Waals surface area (Å²) in [4.78, 5) is 26.1. The number of para-hydroxylation sites is 1. The minimum absolute atomic E-state index is 0.0289. The molecule has 1 heterocycles. The molecule has 7 nitrogen and oxygen atoms in total. The number of ether oxygens (including phenoxy) is 3. The number of carbonyl (C=O) groups excluding carboxylic acids is 2. The lowest BCUT2D eigenvalue weighted by Gasteiger charge is -2.57. The van der Waals surface area contributed by atoms with Gasteiger partial charge in [0.15, 0.2) is 0 Å². The maximum Gasteiger partial charge on any atom is 0.306 e. The van der Waals surface area contributed by atoms with Crippen molar-refractivity contribution in [1.82, 2.24) is 0 Å². The Labute approximate surface area is 163 Å². The maximum atomic E-state index is 13.5. The van der Waals surface area contributed by atoms with Gasteiger partial charge in [-0.2, -0.15) is 5.26 Å². The quantitative estimate of drug-likeness (QED) is 0.614. The van der Waals surface area contributed by atoms with Crippen LogP contribution >= 0.6 is 0 Å². The number of benzene rings is 1. The number of nitriles is 1. The van der Waals surface area contributed by atoms with E-state index in [0.717, 1.165) is 11.3 Å². The highest BCUT2D eigenvalue weighted by atomic mass is 16.7. The van der Waals surface area contributed by atoms with Gasteiger partial charge >= 0.3 is 5.97 Å². The summed E-state index contributed by atoms with van der Waals surface area (Å²) < 4.78 is 16.4. The number of fused-ring (bicyclic) bond motifs is 2. The third-order valence-corrected chi connectivity index (χ3v) is 6.38. The molecular weight excluding hydrogens is 360 g/mol. The molecule has 0 radical (unpaired) electrons. The second-order valence-corrected chi connectivity index (χ2v) is 7.32. The zero-order chi connectivity index (χ0) is 20.1. The fourth-order valence-corrected chi connectivity index (χ4v) is 5.35. The number of esters is 1. The number of allylic oxidation sites excluding steroid dienone is 1. The first kappa shape index (κ1) is 18.7. The molecule has 0 spiro atoms. The first-order valence-corrected chi connectivity index (χ1v) is 9.28. The molecule has 1 aromatic carbocycles. The van der Waals surface area contributed by atoms with Crippen LogP contribution in [0.25, 0.3) is 0 Å². The second-order valence-electron chi connectivity index (χ2n) is 7.32. The molecule has 28 heavy (non-hydrogen) atoms. The second kappa shape index (κ2) is 6.43. The molecule has 4 unspecified atom stereocenters. The number of ketones is 1. The standard InChI is InChI=1S/C21H22N2O5/c1-4-28-16(24)10-20-13-7-5-6-8-15(13)23-18(20)17-12(11-22)9-14(20)19(25)21(17,26-2)27-3/h5-9,14,17-18,23H,4,10H2,1-3H3. The van der Waals surface area contributed by atoms with E-state index in [1.54, 1.807) is 13.0 Å². The Bertz CT molecular complexity index is 914. The Hall–Kier alpha value is -2.69. The van der Waals surface area contributed by atoms with Crippen LogP contribution in [-0.2, 0) is 29.2 Å². The Morgan fingerprint density at radius 3 is 2.64 bits per heavy atom. The molecule has 0 saturated heterocycles. The SMILES string of the molecule is CCOC(=O)CC12c3ccccc3NC1C1C(C#N)=CC2C(=O)C1(OC)OC. The van der Waals surface area contributed by atoms with Crippen molar-refractivity contribution in [2.45, 2.75) is 30.6 Å². The Balaban J connectivity index is 1.96. The van der Waals surface area contributed by atoms with Crippen molar-refractivity contribution in [3.05, 3.63) is 41.5 Å². The van der Waals surface area contributed by atoms with Gasteiger partial charge in [0.2, 0.25) is 11.6 Å². The fourth-order valence-electron chi connectivity index (χ4n) is 5.35. The van der Waals surface area contributed by atoms with E-state index < -0.39 is 29.1 Å². The van der Waals surface area contributed by atoms with Gasteiger partial charge in [-0.15, -0.1) is 0 Å². The first-order chi connectivity index (χ1) is 13.5. The Morgan fingerprint density at radius 1 is 1.29 bits per heavy atom.